The lowest BCUT2D eigenvalue weighted by atomic mass is 9.78. The number of aromatic amines is 1. The third-order valence-corrected chi connectivity index (χ3v) is 4.97. The fourth-order valence-corrected chi connectivity index (χ4v) is 3.42. The molecule has 1 aromatic heterocycles. The molecule has 5 nitrogen and oxygen atoms in total. The molecule has 0 amide bonds. The van der Waals surface area contributed by atoms with Crippen molar-refractivity contribution in [1.82, 2.24) is 4.98 Å². The molecule has 0 spiro atoms. The second-order valence-electron chi connectivity index (χ2n) is 6.75. The fraction of sp³-hybridized carbons (Fsp3) is 0.389. The Hall–Kier alpha value is -1.70. The number of hydrogen-bond donors (Lipinski definition) is 1. The van der Waals surface area contributed by atoms with Gasteiger partial charge in [0.25, 0.3) is 0 Å². The van der Waals surface area contributed by atoms with Gasteiger partial charge < -0.3 is 9.78 Å². The van der Waals surface area contributed by atoms with E-state index in [4.69, 9.17) is 0 Å². The first-order chi connectivity index (χ1) is 11.2. The molecule has 24 heavy (non-hydrogen) atoms. The van der Waals surface area contributed by atoms with Crippen LogP contribution in [0.1, 0.15) is 32.9 Å². The number of nitro groups is 1. The summed E-state index contributed by atoms with van der Waals surface area (Å²) >= 11 is 2.24. The van der Waals surface area contributed by atoms with E-state index in [1.54, 1.807) is 20.0 Å². The van der Waals surface area contributed by atoms with Crippen LogP contribution in [0, 0.1) is 19.1 Å². The molecule has 0 aliphatic rings. The lowest BCUT2D eigenvalue weighted by Crippen LogP contribution is -2.39. The SMILES string of the molecule is CC(=O)CC(C)(C)C(Cc1[nH]ccc1-c1ccc(I)cc1)[N+](=O)[O-]. The van der Waals surface area contributed by atoms with Gasteiger partial charge in [0.2, 0.25) is 6.04 Å². The molecule has 0 fully saturated rings. The largest absolute Gasteiger partial charge is 0.364 e. The first-order valence-corrected chi connectivity index (χ1v) is 8.83. The number of nitrogens with zero attached hydrogens (tertiary/aromatic N) is 1. The molecule has 1 atom stereocenters. The smallest absolute Gasteiger partial charge is 0.224 e. The number of rotatable bonds is 7. The summed E-state index contributed by atoms with van der Waals surface area (Å²) < 4.78 is 1.14. The van der Waals surface area contributed by atoms with Crippen LogP contribution in [-0.2, 0) is 11.2 Å². The van der Waals surface area contributed by atoms with Crippen molar-refractivity contribution in [3.8, 4) is 11.1 Å². The minimum atomic E-state index is -0.831. The summed E-state index contributed by atoms with van der Waals surface area (Å²) in [6, 6.07) is 9.15. The number of benzene rings is 1. The van der Waals surface area contributed by atoms with Gasteiger partial charge in [0.1, 0.15) is 5.78 Å². The molecule has 0 bridgehead atoms. The van der Waals surface area contributed by atoms with Crippen molar-refractivity contribution in [2.45, 2.75) is 39.7 Å². The van der Waals surface area contributed by atoms with Gasteiger partial charge in [0.15, 0.2) is 0 Å². The summed E-state index contributed by atoms with van der Waals surface area (Å²) in [6.07, 6.45) is 2.26. The summed E-state index contributed by atoms with van der Waals surface area (Å²) in [5.74, 6) is -0.0313. The monoisotopic (exact) mass is 440 g/mol. The van der Waals surface area contributed by atoms with Gasteiger partial charge in [0, 0.05) is 37.8 Å². The standard InChI is InChI=1S/C18H21IN2O3/c1-12(22)11-18(2,3)17(21(23)24)10-16-15(8-9-20-16)13-4-6-14(19)7-5-13/h4-9,17,20H,10-11H2,1-3H3. The van der Waals surface area contributed by atoms with Gasteiger partial charge >= 0.3 is 0 Å². The molecular weight excluding hydrogens is 419 g/mol. The third-order valence-electron chi connectivity index (χ3n) is 4.25. The van der Waals surface area contributed by atoms with Crippen molar-refractivity contribution in [3.05, 3.63) is 55.9 Å². The molecule has 2 rings (SSSR count). The van der Waals surface area contributed by atoms with Crippen molar-refractivity contribution < 1.29 is 9.72 Å². The van der Waals surface area contributed by atoms with Crippen LogP contribution < -0.4 is 0 Å². The van der Waals surface area contributed by atoms with Crippen LogP contribution >= 0.6 is 22.6 Å². The summed E-state index contributed by atoms with van der Waals surface area (Å²) in [5.41, 5.74) is 2.12. The average molecular weight is 440 g/mol. The van der Waals surface area contributed by atoms with E-state index in [1.807, 2.05) is 30.3 Å². The number of carbonyl (C=O) groups is 1. The Morgan fingerprint density at radius 2 is 1.92 bits per heavy atom. The minimum absolute atomic E-state index is 0.0313. The molecule has 2 aromatic rings. The van der Waals surface area contributed by atoms with E-state index in [9.17, 15) is 14.9 Å². The Bertz CT molecular complexity index is 735. The minimum Gasteiger partial charge on any atom is -0.364 e. The number of hydrogen-bond acceptors (Lipinski definition) is 3. The van der Waals surface area contributed by atoms with Gasteiger partial charge in [-0.05, 0) is 53.3 Å². The summed E-state index contributed by atoms with van der Waals surface area (Å²) in [6.45, 7) is 5.05. The third kappa shape index (κ3) is 4.43. The van der Waals surface area contributed by atoms with E-state index in [1.165, 1.54) is 6.92 Å². The molecule has 0 aliphatic carbocycles. The highest BCUT2D eigenvalue weighted by molar-refractivity contribution is 14.1. The Morgan fingerprint density at radius 3 is 2.46 bits per heavy atom. The molecule has 0 radical (unpaired) electrons. The summed E-state index contributed by atoms with van der Waals surface area (Å²) in [5, 5.41) is 11.6. The zero-order valence-corrected chi connectivity index (χ0v) is 16.2. The van der Waals surface area contributed by atoms with Crippen LogP contribution in [-0.4, -0.2) is 21.7 Å². The Balaban J connectivity index is 2.32. The van der Waals surface area contributed by atoms with Gasteiger partial charge in [-0.1, -0.05) is 26.0 Å². The van der Waals surface area contributed by atoms with Crippen LogP contribution in [0.5, 0.6) is 0 Å². The number of Topliss-reactive ketones (excluding diaryl/α,β-unsaturated/α-hetero) is 1. The van der Waals surface area contributed by atoms with Gasteiger partial charge in [0.05, 0.1) is 6.42 Å². The maximum atomic E-state index is 11.6. The van der Waals surface area contributed by atoms with Crippen molar-refractivity contribution in [3.63, 3.8) is 0 Å². The zero-order valence-electron chi connectivity index (χ0n) is 14.0. The molecule has 1 unspecified atom stereocenters. The van der Waals surface area contributed by atoms with E-state index < -0.39 is 11.5 Å². The molecule has 0 aliphatic heterocycles. The van der Waals surface area contributed by atoms with E-state index in [2.05, 4.69) is 27.6 Å². The highest BCUT2D eigenvalue weighted by Crippen LogP contribution is 2.32. The molecule has 0 saturated heterocycles. The average Bonchev–Trinajstić information content (AvgIpc) is 2.92. The first kappa shape index (κ1) is 18.6. The lowest BCUT2D eigenvalue weighted by molar-refractivity contribution is -0.540. The second kappa shape index (κ2) is 7.46. The summed E-state index contributed by atoms with van der Waals surface area (Å²) in [7, 11) is 0. The van der Waals surface area contributed by atoms with Crippen LogP contribution in [0.3, 0.4) is 0 Å². The molecule has 1 N–H and O–H groups in total. The van der Waals surface area contributed by atoms with E-state index in [0.717, 1.165) is 20.4 Å². The zero-order chi connectivity index (χ0) is 17.9. The number of carbonyl (C=O) groups excluding carboxylic acids is 1. The van der Waals surface area contributed by atoms with Gasteiger partial charge in [-0.15, -0.1) is 0 Å². The molecule has 0 saturated carbocycles. The Kier molecular flexibility index (Phi) is 5.79. The van der Waals surface area contributed by atoms with Crippen molar-refractivity contribution >= 4 is 28.4 Å². The van der Waals surface area contributed by atoms with E-state index in [0.29, 0.717) is 0 Å². The predicted molar refractivity (Wildman–Crippen MR) is 103 cm³/mol. The van der Waals surface area contributed by atoms with Crippen LogP contribution in [0.4, 0.5) is 0 Å². The predicted octanol–water partition coefficient (Wildman–Crippen LogP) is 4.48. The molecule has 128 valence electrons. The van der Waals surface area contributed by atoms with E-state index in [-0.39, 0.29) is 23.5 Å². The summed E-state index contributed by atoms with van der Waals surface area (Å²) in [4.78, 5) is 26.0. The number of halogens is 1. The molecule has 1 heterocycles. The van der Waals surface area contributed by atoms with Crippen LogP contribution in [0.25, 0.3) is 11.1 Å². The topological polar surface area (TPSA) is 76.0 Å². The highest BCUT2D eigenvalue weighted by Gasteiger charge is 2.40. The maximum Gasteiger partial charge on any atom is 0.224 e. The van der Waals surface area contributed by atoms with Crippen LogP contribution in [0.2, 0.25) is 0 Å². The van der Waals surface area contributed by atoms with Gasteiger partial charge in [-0.2, -0.15) is 0 Å². The number of H-pyrrole nitrogens is 1. The van der Waals surface area contributed by atoms with Gasteiger partial charge in [-0.3, -0.25) is 10.1 Å². The normalized spacial score (nSPS) is 12.8. The van der Waals surface area contributed by atoms with Crippen molar-refractivity contribution in [2.75, 3.05) is 0 Å². The van der Waals surface area contributed by atoms with Gasteiger partial charge in [-0.25, -0.2) is 0 Å². The first-order valence-electron chi connectivity index (χ1n) is 7.76. The maximum absolute atomic E-state index is 11.6. The molecule has 1 aromatic carbocycles. The Morgan fingerprint density at radius 1 is 1.29 bits per heavy atom. The quantitative estimate of drug-likeness (QED) is 0.392. The molecular formula is C18H21IN2O3. The van der Waals surface area contributed by atoms with E-state index >= 15 is 0 Å². The molecule has 6 heteroatoms. The fourth-order valence-electron chi connectivity index (χ4n) is 3.06. The second-order valence-corrected chi connectivity index (χ2v) is 8.00. The number of aromatic nitrogens is 1. The number of ketones is 1. The lowest BCUT2D eigenvalue weighted by Gasteiger charge is -2.27. The van der Waals surface area contributed by atoms with Crippen molar-refractivity contribution in [1.29, 1.82) is 0 Å². The van der Waals surface area contributed by atoms with Crippen molar-refractivity contribution in [2.24, 2.45) is 5.41 Å². The Labute approximate surface area is 155 Å². The van der Waals surface area contributed by atoms with Crippen LogP contribution in [0.15, 0.2) is 36.5 Å². The number of nitrogens with one attached hydrogen (secondary N) is 1. The highest BCUT2D eigenvalue weighted by atomic mass is 127.